The number of methoxy groups -OCH3 is 2. The molecule has 4 heteroatoms. The maximum atomic E-state index is 12.4. The van der Waals surface area contributed by atoms with Crippen molar-refractivity contribution in [3.8, 4) is 24.7 Å². The Balaban J connectivity index is 3.24. The normalized spacial score (nSPS) is 11.1. The summed E-state index contributed by atoms with van der Waals surface area (Å²) < 4.78 is 9.74. The van der Waals surface area contributed by atoms with Gasteiger partial charge >= 0.3 is 11.9 Å². The summed E-state index contributed by atoms with van der Waals surface area (Å²) in [5.41, 5.74) is -0.0379. The van der Waals surface area contributed by atoms with Gasteiger partial charge in [0.2, 0.25) is 0 Å². The van der Waals surface area contributed by atoms with E-state index >= 15 is 0 Å². The quantitative estimate of drug-likeness (QED) is 0.316. The van der Waals surface area contributed by atoms with Crippen molar-refractivity contribution in [3.05, 3.63) is 42.0 Å². The van der Waals surface area contributed by atoms with E-state index in [1.165, 1.54) is 14.2 Å². The molecule has 0 aliphatic carbocycles. The Labute approximate surface area is 149 Å². The number of carbonyl (C=O) groups excluding carboxylic acids is 2. The fraction of sp³-hybridized carbons (Fsp3) is 0.333. The molecule has 0 aliphatic heterocycles. The van der Waals surface area contributed by atoms with Gasteiger partial charge in [-0.05, 0) is 24.8 Å². The van der Waals surface area contributed by atoms with Crippen LogP contribution in [0.4, 0.5) is 0 Å². The van der Waals surface area contributed by atoms with Crippen LogP contribution >= 0.6 is 0 Å². The number of allylic oxidation sites excluding steroid dienone is 2. The molecule has 0 radical (unpaired) electrons. The van der Waals surface area contributed by atoms with E-state index in [2.05, 4.69) is 11.8 Å². The van der Waals surface area contributed by atoms with Crippen LogP contribution in [0.1, 0.15) is 31.2 Å². The zero-order valence-electron chi connectivity index (χ0n) is 14.6. The number of unbranched alkanes of at least 4 members (excludes halogenated alkanes) is 1. The molecule has 0 aromatic heterocycles. The zero-order chi connectivity index (χ0) is 18.7. The lowest BCUT2D eigenvalue weighted by Gasteiger charge is -2.27. The Kier molecular flexibility index (Phi) is 8.03. The van der Waals surface area contributed by atoms with Gasteiger partial charge in [0.1, 0.15) is 0 Å². The summed E-state index contributed by atoms with van der Waals surface area (Å²) in [5, 5.41) is 0. The van der Waals surface area contributed by atoms with Gasteiger partial charge in [-0.25, -0.2) is 0 Å². The standard InChI is InChI=1S/C21H22O4/c1-5-7-11-15-21(19(22)24-3,20(23)25-4)16-14-17(6-2)18-12-9-8-10-13-18/h1-2,8-10,12-14H,7,11,15-16H2,3-4H3/b17-14+. The van der Waals surface area contributed by atoms with Gasteiger partial charge in [0.25, 0.3) is 0 Å². The lowest BCUT2D eigenvalue weighted by Crippen LogP contribution is -2.41. The van der Waals surface area contributed by atoms with E-state index < -0.39 is 17.4 Å². The topological polar surface area (TPSA) is 52.6 Å². The fourth-order valence-corrected chi connectivity index (χ4v) is 2.59. The Morgan fingerprint density at radius 2 is 1.72 bits per heavy atom. The molecule has 0 N–H and O–H groups in total. The fourth-order valence-electron chi connectivity index (χ4n) is 2.59. The molecule has 25 heavy (non-hydrogen) atoms. The minimum absolute atomic E-state index is 0.0747. The second kappa shape index (κ2) is 10.0. The van der Waals surface area contributed by atoms with Crippen molar-refractivity contribution in [1.82, 2.24) is 0 Å². The van der Waals surface area contributed by atoms with Gasteiger partial charge in [-0.15, -0.1) is 18.8 Å². The molecular weight excluding hydrogens is 316 g/mol. The van der Waals surface area contributed by atoms with Gasteiger partial charge in [0.15, 0.2) is 5.41 Å². The predicted octanol–water partition coefficient (Wildman–Crippen LogP) is 3.23. The largest absolute Gasteiger partial charge is 0.468 e. The molecule has 0 atom stereocenters. The van der Waals surface area contributed by atoms with E-state index in [1.54, 1.807) is 6.08 Å². The van der Waals surface area contributed by atoms with Crippen LogP contribution in [-0.4, -0.2) is 26.2 Å². The van der Waals surface area contributed by atoms with Crippen molar-refractivity contribution in [2.24, 2.45) is 5.41 Å². The lowest BCUT2D eigenvalue weighted by molar-refractivity contribution is -0.169. The molecular formula is C21H22O4. The second-order valence-corrected chi connectivity index (χ2v) is 5.46. The number of carbonyl (C=O) groups is 2. The minimum atomic E-state index is -1.46. The van der Waals surface area contributed by atoms with Crippen LogP contribution in [0.3, 0.4) is 0 Å². The number of terminal acetylenes is 2. The smallest absolute Gasteiger partial charge is 0.323 e. The number of benzene rings is 1. The molecule has 4 nitrogen and oxygen atoms in total. The summed E-state index contributed by atoms with van der Waals surface area (Å²) in [6.07, 6.45) is 13.8. The number of hydrogen-bond donors (Lipinski definition) is 0. The molecule has 0 saturated heterocycles. The summed E-state index contributed by atoms with van der Waals surface area (Å²) in [4.78, 5) is 24.8. The maximum absolute atomic E-state index is 12.4. The maximum Gasteiger partial charge on any atom is 0.323 e. The highest BCUT2D eigenvalue weighted by Crippen LogP contribution is 2.34. The Morgan fingerprint density at radius 3 is 2.20 bits per heavy atom. The highest BCUT2D eigenvalue weighted by molar-refractivity contribution is 6.00. The van der Waals surface area contributed by atoms with Crippen LogP contribution in [0.5, 0.6) is 0 Å². The summed E-state index contributed by atoms with van der Waals surface area (Å²) in [6, 6.07) is 9.33. The van der Waals surface area contributed by atoms with Gasteiger partial charge in [-0.1, -0.05) is 42.3 Å². The van der Waals surface area contributed by atoms with Crippen LogP contribution < -0.4 is 0 Å². The van der Waals surface area contributed by atoms with Crippen LogP contribution in [0.2, 0.25) is 0 Å². The number of ether oxygens (including phenoxy) is 2. The molecule has 1 aromatic carbocycles. The van der Waals surface area contributed by atoms with Gasteiger partial charge < -0.3 is 9.47 Å². The first-order valence-electron chi connectivity index (χ1n) is 7.88. The molecule has 0 heterocycles. The Hall–Kier alpha value is -2.98. The van der Waals surface area contributed by atoms with Gasteiger partial charge in [-0.2, -0.15) is 0 Å². The van der Waals surface area contributed by atoms with E-state index in [0.717, 1.165) is 5.56 Å². The molecule has 1 aromatic rings. The molecule has 0 amide bonds. The first-order valence-corrected chi connectivity index (χ1v) is 7.88. The van der Waals surface area contributed by atoms with Gasteiger partial charge in [0, 0.05) is 12.0 Å². The molecule has 0 saturated carbocycles. The van der Waals surface area contributed by atoms with Gasteiger partial charge in [0.05, 0.1) is 14.2 Å². The molecule has 0 aliphatic rings. The number of esters is 2. The Morgan fingerprint density at radius 1 is 1.12 bits per heavy atom. The highest BCUT2D eigenvalue weighted by atomic mass is 16.5. The van der Waals surface area contributed by atoms with Crippen molar-refractivity contribution in [1.29, 1.82) is 0 Å². The summed E-state index contributed by atoms with van der Waals surface area (Å²) in [6.45, 7) is 0. The predicted molar refractivity (Wildman–Crippen MR) is 97.0 cm³/mol. The lowest BCUT2D eigenvalue weighted by atomic mass is 9.78. The molecule has 0 unspecified atom stereocenters. The van der Waals surface area contributed by atoms with Crippen molar-refractivity contribution >= 4 is 17.5 Å². The first kappa shape index (κ1) is 20.1. The third-order valence-electron chi connectivity index (χ3n) is 3.97. The van der Waals surface area contributed by atoms with E-state index in [4.69, 9.17) is 22.3 Å². The summed E-state index contributed by atoms with van der Waals surface area (Å²) in [7, 11) is 2.48. The van der Waals surface area contributed by atoms with Crippen LogP contribution in [0.15, 0.2) is 36.4 Å². The Bertz CT molecular complexity index is 686. The molecule has 0 fully saturated rings. The number of rotatable bonds is 8. The van der Waals surface area contributed by atoms with Crippen LogP contribution in [-0.2, 0) is 19.1 Å². The molecule has 130 valence electrons. The molecule has 1 rings (SSSR count). The van der Waals surface area contributed by atoms with Crippen molar-refractivity contribution < 1.29 is 19.1 Å². The average Bonchev–Trinajstić information content (AvgIpc) is 2.66. The van der Waals surface area contributed by atoms with Crippen LogP contribution in [0, 0.1) is 30.1 Å². The van der Waals surface area contributed by atoms with E-state index in [0.29, 0.717) is 18.4 Å². The summed E-state index contributed by atoms with van der Waals surface area (Å²) in [5.74, 6) is 3.79. The summed E-state index contributed by atoms with van der Waals surface area (Å²) >= 11 is 0. The average molecular weight is 338 g/mol. The van der Waals surface area contributed by atoms with Crippen molar-refractivity contribution in [2.45, 2.75) is 25.7 Å². The third kappa shape index (κ3) is 4.99. The van der Waals surface area contributed by atoms with E-state index in [-0.39, 0.29) is 12.8 Å². The van der Waals surface area contributed by atoms with E-state index in [9.17, 15) is 9.59 Å². The van der Waals surface area contributed by atoms with Gasteiger partial charge in [-0.3, -0.25) is 9.59 Å². The zero-order valence-corrected chi connectivity index (χ0v) is 14.6. The second-order valence-electron chi connectivity index (χ2n) is 5.46. The highest BCUT2D eigenvalue weighted by Gasteiger charge is 2.47. The number of hydrogen-bond acceptors (Lipinski definition) is 4. The van der Waals surface area contributed by atoms with Crippen molar-refractivity contribution in [2.75, 3.05) is 14.2 Å². The monoisotopic (exact) mass is 338 g/mol. The molecule has 0 bridgehead atoms. The van der Waals surface area contributed by atoms with Crippen molar-refractivity contribution in [3.63, 3.8) is 0 Å². The first-order chi connectivity index (χ1) is 12.1. The molecule has 0 spiro atoms. The third-order valence-corrected chi connectivity index (χ3v) is 3.97. The van der Waals surface area contributed by atoms with E-state index in [1.807, 2.05) is 30.3 Å². The SMILES string of the molecule is C#CCCCC(C/C=C(\C#C)c1ccccc1)(C(=O)OC)C(=O)OC. The van der Waals surface area contributed by atoms with Crippen LogP contribution in [0.25, 0.3) is 5.57 Å². The minimum Gasteiger partial charge on any atom is -0.468 e.